The Bertz CT molecular complexity index is 276. The van der Waals surface area contributed by atoms with Crippen molar-refractivity contribution in [2.45, 2.75) is 38.0 Å². The molecule has 78 valence electrons. The fourth-order valence-corrected chi connectivity index (χ4v) is 2.03. The number of nitrogens with zero attached hydrogens (tertiary/aromatic N) is 1. The molecule has 1 heterocycles. The Labute approximate surface area is 85.3 Å². The molecule has 1 aliphatic carbocycles. The lowest BCUT2D eigenvalue weighted by Gasteiger charge is -2.25. The molecule has 1 aromatic rings. The molecule has 0 bridgehead atoms. The summed E-state index contributed by atoms with van der Waals surface area (Å²) in [7, 11) is 2.00. The fourth-order valence-electron chi connectivity index (χ4n) is 2.03. The number of aryl methyl sites for hydroxylation is 1. The van der Waals surface area contributed by atoms with Gasteiger partial charge in [-0.25, -0.2) is 0 Å². The molecule has 3 nitrogen and oxygen atoms in total. The molecular weight excluding hydrogens is 174 g/mol. The summed E-state index contributed by atoms with van der Waals surface area (Å²) in [6, 6.07) is 0. The van der Waals surface area contributed by atoms with Crippen molar-refractivity contribution in [3.05, 3.63) is 17.5 Å². The summed E-state index contributed by atoms with van der Waals surface area (Å²) in [5, 5.41) is 10.5. The lowest BCUT2D eigenvalue weighted by Crippen LogP contribution is -2.12. The first-order chi connectivity index (χ1) is 6.92. The Kier molecular flexibility index (Phi) is 3.19. The number of aromatic amines is 1. The van der Waals surface area contributed by atoms with Gasteiger partial charge < -0.3 is 5.32 Å². The highest BCUT2D eigenvalue weighted by Crippen LogP contribution is 2.36. The summed E-state index contributed by atoms with van der Waals surface area (Å²) in [5.41, 5.74) is 2.84. The van der Waals surface area contributed by atoms with Gasteiger partial charge in [0, 0.05) is 11.6 Å². The minimum Gasteiger partial charge on any atom is -0.320 e. The van der Waals surface area contributed by atoms with Crippen LogP contribution >= 0.6 is 0 Å². The van der Waals surface area contributed by atoms with Crippen molar-refractivity contribution in [3.63, 3.8) is 0 Å². The Balaban J connectivity index is 1.91. The van der Waals surface area contributed by atoms with Crippen molar-refractivity contribution >= 4 is 0 Å². The second-order valence-corrected chi connectivity index (χ2v) is 4.14. The second-order valence-electron chi connectivity index (χ2n) is 4.14. The predicted molar refractivity (Wildman–Crippen MR) is 57.4 cm³/mol. The number of hydrogen-bond acceptors (Lipinski definition) is 2. The van der Waals surface area contributed by atoms with Gasteiger partial charge in [0.05, 0.1) is 6.20 Å². The first kappa shape index (κ1) is 9.71. The van der Waals surface area contributed by atoms with E-state index in [1.54, 1.807) is 0 Å². The lowest BCUT2D eigenvalue weighted by atomic mass is 9.81. The van der Waals surface area contributed by atoms with Crippen molar-refractivity contribution < 1.29 is 0 Å². The van der Waals surface area contributed by atoms with Crippen molar-refractivity contribution in [1.82, 2.24) is 15.5 Å². The van der Waals surface area contributed by atoms with Gasteiger partial charge in [0.1, 0.15) is 0 Å². The summed E-state index contributed by atoms with van der Waals surface area (Å²) in [5.74, 6) is 0.780. The summed E-state index contributed by atoms with van der Waals surface area (Å²) in [4.78, 5) is 0. The molecule has 2 rings (SSSR count). The fraction of sp³-hybridized carbons (Fsp3) is 0.727. The highest BCUT2D eigenvalue weighted by Gasteiger charge is 2.23. The average Bonchev–Trinajstić information content (AvgIpc) is 2.51. The molecule has 1 fully saturated rings. The molecule has 0 aromatic carbocycles. The van der Waals surface area contributed by atoms with Crippen LogP contribution in [0.3, 0.4) is 0 Å². The van der Waals surface area contributed by atoms with E-state index in [2.05, 4.69) is 15.5 Å². The molecule has 1 aliphatic rings. The van der Waals surface area contributed by atoms with Crippen LogP contribution in [0.25, 0.3) is 0 Å². The second kappa shape index (κ2) is 4.60. The van der Waals surface area contributed by atoms with E-state index in [0.29, 0.717) is 0 Å². The lowest BCUT2D eigenvalue weighted by molar-refractivity contribution is 0.408. The van der Waals surface area contributed by atoms with E-state index < -0.39 is 0 Å². The largest absolute Gasteiger partial charge is 0.320 e. The zero-order chi connectivity index (χ0) is 9.80. The number of H-pyrrole nitrogens is 1. The number of nitrogens with one attached hydrogen (secondary N) is 2. The maximum absolute atomic E-state index is 4.16. The standard InChI is InChI=1S/C11H19N3/c1-12-7-3-6-10-8-13-14-11(10)9-4-2-5-9/h8-9,12H,2-7H2,1H3,(H,13,14). The zero-order valence-corrected chi connectivity index (χ0v) is 8.84. The number of hydrogen-bond donors (Lipinski definition) is 2. The number of aromatic nitrogens is 2. The van der Waals surface area contributed by atoms with Crippen LogP contribution in [0.15, 0.2) is 6.20 Å². The molecule has 1 saturated carbocycles. The van der Waals surface area contributed by atoms with Gasteiger partial charge in [-0.1, -0.05) is 6.42 Å². The Morgan fingerprint density at radius 1 is 1.57 bits per heavy atom. The van der Waals surface area contributed by atoms with Gasteiger partial charge >= 0.3 is 0 Å². The Morgan fingerprint density at radius 2 is 2.43 bits per heavy atom. The molecule has 2 N–H and O–H groups in total. The van der Waals surface area contributed by atoms with Gasteiger partial charge in [-0.05, 0) is 44.8 Å². The maximum Gasteiger partial charge on any atom is 0.0522 e. The van der Waals surface area contributed by atoms with Gasteiger partial charge in [0.2, 0.25) is 0 Å². The van der Waals surface area contributed by atoms with Crippen LogP contribution in [0.4, 0.5) is 0 Å². The van der Waals surface area contributed by atoms with Crippen molar-refractivity contribution in [2.24, 2.45) is 0 Å². The summed E-state index contributed by atoms with van der Waals surface area (Å²) >= 11 is 0. The van der Waals surface area contributed by atoms with E-state index in [1.807, 2.05) is 13.2 Å². The van der Waals surface area contributed by atoms with Gasteiger partial charge in [0.25, 0.3) is 0 Å². The smallest absolute Gasteiger partial charge is 0.0522 e. The zero-order valence-electron chi connectivity index (χ0n) is 8.84. The van der Waals surface area contributed by atoms with E-state index in [4.69, 9.17) is 0 Å². The Morgan fingerprint density at radius 3 is 3.07 bits per heavy atom. The van der Waals surface area contributed by atoms with Gasteiger partial charge in [-0.3, -0.25) is 5.10 Å². The summed E-state index contributed by atoms with van der Waals surface area (Å²) in [6.45, 7) is 1.09. The van der Waals surface area contributed by atoms with E-state index in [-0.39, 0.29) is 0 Å². The normalized spacial score (nSPS) is 16.9. The monoisotopic (exact) mass is 193 g/mol. The van der Waals surface area contributed by atoms with Crippen LogP contribution in [-0.4, -0.2) is 23.8 Å². The summed E-state index contributed by atoms with van der Waals surface area (Å²) in [6.07, 6.45) is 8.45. The van der Waals surface area contributed by atoms with Gasteiger partial charge in [-0.15, -0.1) is 0 Å². The molecule has 0 atom stereocenters. The van der Waals surface area contributed by atoms with Crippen LogP contribution in [0, 0.1) is 0 Å². The minimum absolute atomic E-state index is 0.780. The first-order valence-electron chi connectivity index (χ1n) is 5.58. The number of rotatable bonds is 5. The van der Waals surface area contributed by atoms with Gasteiger partial charge in [0.15, 0.2) is 0 Å². The molecule has 1 aromatic heterocycles. The average molecular weight is 193 g/mol. The van der Waals surface area contributed by atoms with Crippen molar-refractivity contribution in [1.29, 1.82) is 0 Å². The molecule has 0 radical (unpaired) electrons. The van der Waals surface area contributed by atoms with Crippen LogP contribution in [0.2, 0.25) is 0 Å². The topological polar surface area (TPSA) is 40.7 Å². The van der Waals surface area contributed by atoms with Crippen LogP contribution < -0.4 is 5.32 Å². The third-order valence-corrected chi connectivity index (χ3v) is 3.14. The SMILES string of the molecule is CNCCCc1cn[nH]c1C1CCC1. The van der Waals surface area contributed by atoms with E-state index in [9.17, 15) is 0 Å². The highest BCUT2D eigenvalue weighted by atomic mass is 15.1. The Hall–Kier alpha value is -0.830. The minimum atomic E-state index is 0.780. The molecule has 14 heavy (non-hydrogen) atoms. The van der Waals surface area contributed by atoms with Crippen molar-refractivity contribution in [3.8, 4) is 0 Å². The molecule has 0 amide bonds. The highest BCUT2D eigenvalue weighted by molar-refractivity contribution is 5.22. The van der Waals surface area contributed by atoms with E-state index in [1.165, 1.54) is 36.9 Å². The first-order valence-corrected chi connectivity index (χ1v) is 5.58. The maximum atomic E-state index is 4.16. The third kappa shape index (κ3) is 1.98. The van der Waals surface area contributed by atoms with E-state index in [0.717, 1.165) is 18.9 Å². The molecule has 0 unspecified atom stereocenters. The van der Waals surface area contributed by atoms with Crippen molar-refractivity contribution in [2.75, 3.05) is 13.6 Å². The quantitative estimate of drug-likeness (QED) is 0.700. The predicted octanol–water partition coefficient (Wildman–Crippen LogP) is 1.83. The van der Waals surface area contributed by atoms with E-state index >= 15 is 0 Å². The molecule has 3 heteroatoms. The molecule has 0 saturated heterocycles. The van der Waals surface area contributed by atoms with Crippen LogP contribution in [0.1, 0.15) is 42.9 Å². The molecular formula is C11H19N3. The molecule has 0 spiro atoms. The third-order valence-electron chi connectivity index (χ3n) is 3.14. The van der Waals surface area contributed by atoms with Crippen LogP contribution in [-0.2, 0) is 6.42 Å². The van der Waals surface area contributed by atoms with Gasteiger partial charge in [-0.2, -0.15) is 5.10 Å². The molecule has 0 aliphatic heterocycles. The van der Waals surface area contributed by atoms with Crippen LogP contribution in [0.5, 0.6) is 0 Å². The summed E-state index contributed by atoms with van der Waals surface area (Å²) < 4.78 is 0.